The highest BCUT2D eigenvalue weighted by Gasteiger charge is 1.98. The molecule has 0 unspecified atom stereocenters. The topological polar surface area (TPSA) is 50.1 Å². The summed E-state index contributed by atoms with van der Waals surface area (Å²) >= 11 is 5.82. The molecule has 0 atom stereocenters. The van der Waals surface area contributed by atoms with Gasteiger partial charge in [0.15, 0.2) is 0 Å². The molecule has 1 heterocycles. The molecule has 1 aromatic carbocycles. The van der Waals surface area contributed by atoms with Crippen LogP contribution in [0.1, 0.15) is 11.1 Å². The number of hydrogen-bond donors (Lipinski definition) is 2. The van der Waals surface area contributed by atoms with Gasteiger partial charge in [-0.3, -0.25) is 4.68 Å². The zero-order chi connectivity index (χ0) is 12.8. The third-order valence-electron chi connectivity index (χ3n) is 2.59. The average molecular weight is 266 g/mol. The fourth-order valence-electron chi connectivity index (χ4n) is 1.68. The third-order valence-corrected chi connectivity index (χ3v) is 2.84. The minimum atomic E-state index is 0.110. The summed E-state index contributed by atoms with van der Waals surface area (Å²) in [6, 6.07) is 7.78. The van der Waals surface area contributed by atoms with E-state index in [4.69, 9.17) is 16.7 Å². The molecule has 2 aromatic rings. The van der Waals surface area contributed by atoms with Gasteiger partial charge in [-0.25, -0.2) is 0 Å². The predicted molar refractivity (Wildman–Crippen MR) is 71.3 cm³/mol. The molecule has 0 spiro atoms. The van der Waals surface area contributed by atoms with Crippen LogP contribution >= 0.6 is 11.6 Å². The minimum Gasteiger partial charge on any atom is -0.394 e. The van der Waals surface area contributed by atoms with Crippen molar-refractivity contribution >= 4 is 11.6 Å². The van der Waals surface area contributed by atoms with E-state index < -0.39 is 0 Å². The standard InChI is InChI=1S/C13H16ClN3O/c14-13-3-1-11(2-4-13)7-15-8-12-9-16-17(10-12)5-6-18/h1-4,9-10,15,18H,5-8H2. The van der Waals surface area contributed by atoms with Crippen molar-refractivity contribution in [2.75, 3.05) is 6.61 Å². The second-order valence-corrected chi connectivity index (χ2v) is 4.50. The van der Waals surface area contributed by atoms with Crippen LogP contribution in [0.4, 0.5) is 0 Å². The van der Waals surface area contributed by atoms with Crippen molar-refractivity contribution in [3.8, 4) is 0 Å². The van der Waals surface area contributed by atoms with Gasteiger partial charge in [-0.2, -0.15) is 5.10 Å². The number of hydrogen-bond acceptors (Lipinski definition) is 3. The molecule has 0 amide bonds. The Hall–Kier alpha value is -1.36. The lowest BCUT2D eigenvalue weighted by Crippen LogP contribution is -2.12. The summed E-state index contributed by atoms with van der Waals surface area (Å²) in [5.41, 5.74) is 2.31. The first kappa shape index (κ1) is 13.1. The first-order chi connectivity index (χ1) is 8.78. The number of nitrogens with zero attached hydrogens (tertiary/aromatic N) is 2. The maximum Gasteiger partial charge on any atom is 0.0640 e. The summed E-state index contributed by atoms with van der Waals surface area (Å²) in [5.74, 6) is 0. The van der Waals surface area contributed by atoms with Crippen LogP contribution in [0, 0.1) is 0 Å². The van der Waals surface area contributed by atoms with Crippen LogP contribution in [0.2, 0.25) is 5.02 Å². The number of aliphatic hydroxyl groups is 1. The second kappa shape index (κ2) is 6.54. The zero-order valence-electron chi connectivity index (χ0n) is 10.0. The lowest BCUT2D eigenvalue weighted by atomic mass is 10.2. The van der Waals surface area contributed by atoms with Crippen molar-refractivity contribution in [1.82, 2.24) is 15.1 Å². The number of aromatic nitrogens is 2. The zero-order valence-corrected chi connectivity index (χ0v) is 10.8. The van der Waals surface area contributed by atoms with E-state index in [1.54, 1.807) is 4.68 Å². The molecule has 1 aromatic heterocycles. The van der Waals surface area contributed by atoms with Gasteiger partial charge in [0.2, 0.25) is 0 Å². The smallest absolute Gasteiger partial charge is 0.0640 e. The van der Waals surface area contributed by atoms with Gasteiger partial charge in [0.25, 0.3) is 0 Å². The van der Waals surface area contributed by atoms with Crippen molar-refractivity contribution < 1.29 is 5.11 Å². The molecule has 2 rings (SSSR count). The van der Waals surface area contributed by atoms with Crippen LogP contribution in [0.5, 0.6) is 0 Å². The molecule has 4 nitrogen and oxygen atoms in total. The monoisotopic (exact) mass is 265 g/mol. The van der Waals surface area contributed by atoms with Gasteiger partial charge in [-0.1, -0.05) is 23.7 Å². The molecule has 2 N–H and O–H groups in total. The number of benzene rings is 1. The van der Waals surface area contributed by atoms with Crippen molar-refractivity contribution in [2.45, 2.75) is 19.6 Å². The summed E-state index contributed by atoms with van der Waals surface area (Å²) in [6.07, 6.45) is 3.75. The molecular weight excluding hydrogens is 250 g/mol. The summed E-state index contributed by atoms with van der Waals surface area (Å²) in [7, 11) is 0. The van der Waals surface area contributed by atoms with Gasteiger partial charge in [0, 0.05) is 29.9 Å². The highest BCUT2D eigenvalue weighted by Crippen LogP contribution is 2.09. The van der Waals surface area contributed by atoms with E-state index in [2.05, 4.69) is 10.4 Å². The second-order valence-electron chi connectivity index (χ2n) is 4.07. The Balaban J connectivity index is 1.79. The first-order valence-corrected chi connectivity index (χ1v) is 6.23. The summed E-state index contributed by atoms with van der Waals surface area (Å²) in [5, 5.41) is 17.0. The van der Waals surface area contributed by atoms with Crippen LogP contribution in [0.25, 0.3) is 0 Å². The summed E-state index contributed by atoms with van der Waals surface area (Å²) in [4.78, 5) is 0. The van der Waals surface area contributed by atoms with Crippen LogP contribution in [0.15, 0.2) is 36.7 Å². The Labute approximate surface area is 111 Å². The Morgan fingerprint density at radius 1 is 1.17 bits per heavy atom. The number of halogens is 1. The van der Waals surface area contributed by atoms with Crippen LogP contribution in [-0.4, -0.2) is 21.5 Å². The summed E-state index contributed by atoms with van der Waals surface area (Å²) < 4.78 is 1.74. The van der Waals surface area contributed by atoms with Gasteiger partial charge >= 0.3 is 0 Å². The fraction of sp³-hybridized carbons (Fsp3) is 0.308. The van der Waals surface area contributed by atoms with Crippen LogP contribution in [-0.2, 0) is 19.6 Å². The largest absolute Gasteiger partial charge is 0.394 e. The molecule has 0 saturated carbocycles. The van der Waals surface area contributed by atoms with Crippen molar-refractivity contribution in [2.24, 2.45) is 0 Å². The Morgan fingerprint density at radius 3 is 2.61 bits per heavy atom. The molecule has 96 valence electrons. The predicted octanol–water partition coefficient (Wildman–Crippen LogP) is 1.82. The molecule has 0 aliphatic carbocycles. The Kier molecular flexibility index (Phi) is 4.75. The SMILES string of the molecule is OCCn1cc(CNCc2ccc(Cl)cc2)cn1. The normalized spacial score (nSPS) is 10.8. The fourth-order valence-corrected chi connectivity index (χ4v) is 1.80. The van der Waals surface area contributed by atoms with Gasteiger partial charge in [-0.15, -0.1) is 0 Å². The molecule has 0 fully saturated rings. The highest BCUT2D eigenvalue weighted by molar-refractivity contribution is 6.30. The number of nitrogens with one attached hydrogen (secondary N) is 1. The molecule has 0 radical (unpaired) electrons. The quantitative estimate of drug-likeness (QED) is 0.838. The van der Waals surface area contributed by atoms with E-state index >= 15 is 0 Å². The maximum absolute atomic E-state index is 8.79. The molecule has 0 aliphatic rings. The average Bonchev–Trinajstić information content (AvgIpc) is 2.80. The molecular formula is C13H16ClN3O. The first-order valence-electron chi connectivity index (χ1n) is 5.85. The van der Waals surface area contributed by atoms with Crippen molar-refractivity contribution in [3.63, 3.8) is 0 Å². The molecule has 0 bridgehead atoms. The van der Waals surface area contributed by atoms with Crippen LogP contribution < -0.4 is 5.32 Å². The minimum absolute atomic E-state index is 0.110. The van der Waals surface area contributed by atoms with E-state index in [9.17, 15) is 0 Å². The molecule has 5 heteroatoms. The Bertz CT molecular complexity index is 481. The lowest BCUT2D eigenvalue weighted by molar-refractivity contribution is 0.269. The van der Waals surface area contributed by atoms with Crippen LogP contribution in [0.3, 0.4) is 0 Å². The lowest BCUT2D eigenvalue weighted by Gasteiger charge is -2.03. The number of rotatable bonds is 6. The van der Waals surface area contributed by atoms with Crippen molar-refractivity contribution in [3.05, 3.63) is 52.8 Å². The van der Waals surface area contributed by atoms with Gasteiger partial charge in [-0.05, 0) is 17.7 Å². The van der Waals surface area contributed by atoms with Gasteiger partial charge < -0.3 is 10.4 Å². The molecule has 0 aliphatic heterocycles. The van der Waals surface area contributed by atoms with E-state index in [1.165, 1.54) is 5.56 Å². The highest BCUT2D eigenvalue weighted by atomic mass is 35.5. The van der Waals surface area contributed by atoms with E-state index in [1.807, 2.05) is 36.7 Å². The number of aliphatic hydroxyl groups excluding tert-OH is 1. The molecule has 18 heavy (non-hydrogen) atoms. The maximum atomic E-state index is 8.79. The third kappa shape index (κ3) is 3.84. The van der Waals surface area contributed by atoms with E-state index in [-0.39, 0.29) is 6.61 Å². The summed E-state index contributed by atoms with van der Waals surface area (Å²) in [6.45, 7) is 2.20. The van der Waals surface area contributed by atoms with Gasteiger partial charge in [0.1, 0.15) is 0 Å². The Morgan fingerprint density at radius 2 is 1.89 bits per heavy atom. The van der Waals surface area contributed by atoms with E-state index in [0.717, 1.165) is 23.7 Å². The molecule has 0 saturated heterocycles. The van der Waals surface area contributed by atoms with Gasteiger partial charge in [0.05, 0.1) is 19.3 Å². The van der Waals surface area contributed by atoms with Crippen molar-refractivity contribution in [1.29, 1.82) is 0 Å². The van der Waals surface area contributed by atoms with E-state index in [0.29, 0.717) is 6.54 Å².